The van der Waals surface area contributed by atoms with E-state index in [0.717, 1.165) is 10.9 Å². The van der Waals surface area contributed by atoms with Gasteiger partial charge in [-0.15, -0.1) is 0 Å². The topological polar surface area (TPSA) is 0 Å². The molecule has 0 bridgehead atoms. The molecule has 1 aromatic rings. The molecule has 0 aliphatic carbocycles. The Balaban J connectivity index is 3.06. The first-order valence-corrected chi connectivity index (χ1v) is 6.52. The van der Waals surface area contributed by atoms with Crippen LogP contribution in [0.3, 0.4) is 0 Å². The molecule has 0 amide bonds. The lowest BCUT2D eigenvalue weighted by Gasteiger charge is -2.10. The summed E-state index contributed by atoms with van der Waals surface area (Å²) in [7, 11) is 0. The highest BCUT2D eigenvalue weighted by atomic mass is 79.9. The van der Waals surface area contributed by atoms with E-state index in [9.17, 15) is 0 Å². The van der Waals surface area contributed by atoms with Crippen molar-refractivity contribution in [1.29, 1.82) is 0 Å². The minimum Gasteiger partial charge on any atom is -0.0625 e. The summed E-state index contributed by atoms with van der Waals surface area (Å²) in [5.41, 5.74) is 1.35. The zero-order valence-electron chi connectivity index (χ0n) is 7.57. The average molecular weight is 371 g/mol. The molecule has 1 rings (SSSR count). The van der Waals surface area contributed by atoms with Gasteiger partial charge in [0.25, 0.3) is 0 Å². The molecule has 0 aliphatic heterocycles. The molecule has 3 heteroatoms. The van der Waals surface area contributed by atoms with Crippen LogP contribution in [0, 0.1) is 5.92 Å². The van der Waals surface area contributed by atoms with Gasteiger partial charge >= 0.3 is 0 Å². The highest BCUT2D eigenvalue weighted by Crippen LogP contribution is 2.31. The van der Waals surface area contributed by atoms with Gasteiger partial charge in [0.2, 0.25) is 0 Å². The van der Waals surface area contributed by atoms with Crippen LogP contribution in [0.25, 0.3) is 0 Å². The molecule has 0 saturated carbocycles. The first-order chi connectivity index (χ1) is 6.00. The molecular formula is C10H11Br3. The van der Waals surface area contributed by atoms with Crippen molar-refractivity contribution in [2.45, 2.75) is 20.3 Å². The van der Waals surface area contributed by atoms with E-state index in [2.05, 4.69) is 73.8 Å². The third-order valence-electron chi connectivity index (χ3n) is 1.72. The summed E-state index contributed by atoms with van der Waals surface area (Å²) in [5, 5.41) is 0. The van der Waals surface area contributed by atoms with Gasteiger partial charge < -0.3 is 0 Å². The van der Waals surface area contributed by atoms with Gasteiger partial charge in [0, 0.05) is 13.4 Å². The van der Waals surface area contributed by atoms with Crippen LogP contribution < -0.4 is 0 Å². The lowest BCUT2D eigenvalue weighted by atomic mass is 10.0. The molecule has 0 unspecified atom stereocenters. The lowest BCUT2D eigenvalue weighted by Crippen LogP contribution is -1.96. The molecule has 0 N–H and O–H groups in total. The van der Waals surface area contributed by atoms with Gasteiger partial charge in [0.15, 0.2) is 0 Å². The zero-order valence-corrected chi connectivity index (χ0v) is 12.3. The molecule has 0 nitrogen and oxygen atoms in total. The van der Waals surface area contributed by atoms with E-state index in [-0.39, 0.29) is 0 Å². The normalized spacial score (nSPS) is 10.9. The van der Waals surface area contributed by atoms with Crippen molar-refractivity contribution in [2.75, 3.05) is 0 Å². The first-order valence-electron chi connectivity index (χ1n) is 4.14. The lowest BCUT2D eigenvalue weighted by molar-refractivity contribution is 0.644. The zero-order chi connectivity index (χ0) is 10.0. The van der Waals surface area contributed by atoms with Gasteiger partial charge in [0.1, 0.15) is 0 Å². The van der Waals surface area contributed by atoms with E-state index < -0.39 is 0 Å². The molecule has 72 valence electrons. The van der Waals surface area contributed by atoms with E-state index >= 15 is 0 Å². The number of hydrogen-bond donors (Lipinski definition) is 0. The molecular weight excluding hydrogens is 360 g/mol. The van der Waals surface area contributed by atoms with Crippen molar-refractivity contribution in [3.8, 4) is 0 Å². The van der Waals surface area contributed by atoms with Crippen molar-refractivity contribution >= 4 is 47.8 Å². The van der Waals surface area contributed by atoms with Crippen LogP contribution in [0.2, 0.25) is 0 Å². The minimum atomic E-state index is 0.675. The molecule has 0 radical (unpaired) electrons. The van der Waals surface area contributed by atoms with E-state index in [1.807, 2.05) is 0 Å². The smallest absolute Gasteiger partial charge is 0.0229 e. The molecule has 1 aromatic carbocycles. The number of rotatable bonds is 2. The quantitative estimate of drug-likeness (QED) is 0.673. The molecule has 0 aliphatic rings. The molecule has 0 fully saturated rings. The Morgan fingerprint density at radius 2 is 1.54 bits per heavy atom. The Kier molecular flexibility index (Phi) is 4.46. The second-order valence-corrected chi connectivity index (χ2v) is 6.07. The summed E-state index contributed by atoms with van der Waals surface area (Å²) in [6, 6.07) is 4.17. The Bertz CT molecular complexity index is 282. The summed E-state index contributed by atoms with van der Waals surface area (Å²) in [6.07, 6.45) is 1.09. The van der Waals surface area contributed by atoms with Crippen LogP contribution in [-0.2, 0) is 6.42 Å². The van der Waals surface area contributed by atoms with Crippen LogP contribution in [0.4, 0.5) is 0 Å². The number of benzene rings is 1. The first kappa shape index (κ1) is 11.7. The summed E-state index contributed by atoms with van der Waals surface area (Å²) in [4.78, 5) is 0. The van der Waals surface area contributed by atoms with Crippen molar-refractivity contribution in [3.05, 3.63) is 31.1 Å². The maximum absolute atomic E-state index is 3.57. The number of halogens is 3. The average Bonchev–Trinajstić information content (AvgIpc) is 1.96. The minimum absolute atomic E-state index is 0.675. The Morgan fingerprint density at radius 1 is 1.08 bits per heavy atom. The van der Waals surface area contributed by atoms with Gasteiger partial charge in [-0.25, -0.2) is 0 Å². The molecule has 0 saturated heterocycles. The van der Waals surface area contributed by atoms with Gasteiger partial charge in [-0.2, -0.15) is 0 Å². The predicted octanol–water partition coefficient (Wildman–Crippen LogP) is 5.17. The van der Waals surface area contributed by atoms with Gasteiger partial charge in [0.05, 0.1) is 0 Å². The monoisotopic (exact) mass is 368 g/mol. The van der Waals surface area contributed by atoms with Crippen LogP contribution in [-0.4, -0.2) is 0 Å². The second kappa shape index (κ2) is 4.94. The highest BCUT2D eigenvalue weighted by Gasteiger charge is 2.08. The fourth-order valence-electron chi connectivity index (χ4n) is 1.18. The van der Waals surface area contributed by atoms with Crippen molar-refractivity contribution in [2.24, 2.45) is 5.92 Å². The SMILES string of the molecule is CC(C)Cc1c(Br)cc(Br)cc1Br. The highest BCUT2D eigenvalue weighted by molar-refractivity contribution is 9.11. The van der Waals surface area contributed by atoms with E-state index in [1.165, 1.54) is 14.5 Å². The molecule has 0 atom stereocenters. The maximum atomic E-state index is 3.57. The van der Waals surface area contributed by atoms with Gasteiger partial charge in [-0.1, -0.05) is 61.6 Å². The number of hydrogen-bond acceptors (Lipinski definition) is 0. The van der Waals surface area contributed by atoms with Crippen molar-refractivity contribution < 1.29 is 0 Å². The van der Waals surface area contributed by atoms with Gasteiger partial charge in [-0.05, 0) is 30.0 Å². The summed E-state index contributed by atoms with van der Waals surface area (Å²) in [6.45, 7) is 4.45. The van der Waals surface area contributed by atoms with Crippen LogP contribution >= 0.6 is 47.8 Å². The van der Waals surface area contributed by atoms with E-state index in [1.54, 1.807) is 0 Å². The second-order valence-electron chi connectivity index (χ2n) is 3.45. The summed E-state index contributed by atoms with van der Waals surface area (Å²) >= 11 is 10.6. The Hall–Kier alpha value is 0.660. The Morgan fingerprint density at radius 3 is 1.92 bits per heavy atom. The maximum Gasteiger partial charge on any atom is 0.0229 e. The fraction of sp³-hybridized carbons (Fsp3) is 0.400. The van der Waals surface area contributed by atoms with E-state index in [0.29, 0.717) is 5.92 Å². The molecule has 13 heavy (non-hydrogen) atoms. The third-order valence-corrected chi connectivity index (χ3v) is 3.59. The van der Waals surface area contributed by atoms with Crippen molar-refractivity contribution in [3.63, 3.8) is 0 Å². The van der Waals surface area contributed by atoms with Crippen LogP contribution in [0.5, 0.6) is 0 Å². The van der Waals surface area contributed by atoms with E-state index in [4.69, 9.17) is 0 Å². The molecule has 0 heterocycles. The fourth-order valence-corrected chi connectivity index (χ4v) is 3.76. The standard InChI is InChI=1S/C10H11Br3/c1-6(2)3-8-9(12)4-7(11)5-10(8)13/h4-6H,3H2,1-2H3. The van der Waals surface area contributed by atoms with Gasteiger partial charge in [-0.3, -0.25) is 0 Å². The summed E-state index contributed by atoms with van der Waals surface area (Å²) in [5.74, 6) is 0.675. The largest absolute Gasteiger partial charge is 0.0625 e. The third kappa shape index (κ3) is 3.37. The van der Waals surface area contributed by atoms with Crippen LogP contribution in [0.15, 0.2) is 25.6 Å². The molecule has 0 spiro atoms. The molecule has 0 aromatic heterocycles. The van der Waals surface area contributed by atoms with Crippen LogP contribution in [0.1, 0.15) is 19.4 Å². The van der Waals surface area contributed by atoms with Crippen molar-refractivity contribution in [1.82, 2.24) is 0 Å². The Labute approximate surface area is 104 Å². The predicted molar refractivity (Wildman–Crippen MR) is 68.1 cm³/mol. The summed E-state index contributed by atoms with van der Waals surface area (Å²) < 4.78 is 3.43.